The van der Waals surface area contributed by atoms with E-state index in [4.69, 9.17) is 4.74 Å². The molecule has 1 aromatic heterocycles. The van der Waals surface area contributed by atoms with Gasteiger partial charge in [-0.1, -0.05) is 13.8 Å². The predicted molar refractivity (Wildman–Crippen MR) is 43.8 cm³/mol. The Morgan fingerprint density at radius 2 is 2.18 bits per heavy atom. The zero-order valence-electron chi connectivity index (χ0n) is 7.46. The molecule has 0 fully saturated rings. The highest BCUT2D eigenvalue weighted by Crippen LogP contribution is 2.16. The predicted octanol–water partition coefficient (Wildman–Crippen LogP) is 1.55. The van der Waals surface area contributed by atoms with Crippen LogP contribution in [0.3, 0.4) is 0 Å². The van der Waals surface area contributed by atoms with Crippen LogP contribution in [0.1, 0.15) is 25.5 Å². The molecule has 62 valence electrons. The van der Waals surface area contributed by atoms with Crippen LogP contribution in [0.2, 0.25) is 0 Å². The van der Waals surface area contributed by atoms with Gasteiger partial charge >= 0.3 is 0 Å². The quantitative estimate of drug-likeness (QED) is 0.646. The van der Waals surface area contributed by atoms with Gasteiger partial charge in [-0.3, -0.25) is 0 Å². The monoisotopic (exact) mass is 154 g/mol. The summed E-state index contributed by atoms with van der Waals surface area (Å²) < 4.78 is 6.91. The molecule has 0 aliphatic rings. The van der Waals surface area contributed by atoms with Gasteiger partial charge in [-0.25, -0.2) is 4.98 Å². The number of aryl methyl sites for hydroxylation is 1. The Morgan fingerprint density at radius 3 is 2.45 bits per heavy atom. The van der Waals surface area contributed by atoms with Crippen molar-refractivity contribution in [1.82, 2.24) is 9.55 Å². The highest BCUT2D eigenvalue weighted by Gasteiger charge is 2.07. The highest BCUT2D eigenvalue weighted by molar-refractivity contribution is 5.10. The maximum absolute atomic E-state index is 5.03. The van der Waals surface area contributed by atoms with Gasteiger partial charge in [-0.15, -0.1) is 0 Å². The summed E-state index contributed by atoms with van der Waals surface area (Å²) in [6, 6.07) is 0.675. The minimum absolute atomic E-state index is 0.463. The number of hydrogen-bond donors (Lipinski definition) is 0. The van der Waals surface area contributed by atoms with E-state index in [2.05, 4.69) is 18.8 Å². The van der Waals surface area contributed by atoms with E-state index in [1.54, 1.807) is 7.11 Å². The molecule has 1 aromatic rings. The van der Waals surface area contributed by atoms with Crippen LogP contribution in [0.5, 0.6) is 6.01 Å². The van der Waals surface area contributed by atoms with Gasteiger partial charge in [0.05, 0.1) is 12.8 Å². The molecule has 0 bridgehead atoms. The van der Waals surface area contributed by atoms with Crippen molar-refractivity contribution in [3.05, 3.63) is 11.9 Å². The van der Waals surface area contributed by atoms with Crippen molar-refractivity contribution in [2.75, 3.05) is 7.11 Å². The first-order valence-electron chi connectivity index (χ1n) is 3.72. The standard InChI is InChI=1S/C8H14N2O/c1-6(2)7-5-10(3)8(9-7)11-4/h5-6H,1-4H3. The van der Waals surface area contributed by atoms with Crippen molar-refractivity contribution in [3.8, 4) is 6.01 Å². The first-order valence-corrected chi connectivity index (χ1v) is 3.72. The van der Waals surface area contributed by atoms with Gasteiger partial charge in [-0.2, -0.15) is 0 Å². The van der Waals surface area contributed by atoms with Gasteiger partial charge in [0.2, 0.25) is 0 Å². The van der Waals surface area contributed by atoms with Crippen LogP contribution < -0.4 is 4.74 Å². The minimum atomic E-state index is 0.463. The second-order valence-corrected chi connectivity index (χ2v) is 2.92. The van der Waals surface area contributed by atoms with Crippen LogP contribution in [0.25, 0.3) is 0 Å². The number of nitrogens with zero attached hydrogens (tertiary/aromatic N) is 2. The van der Waals surface area contributed by atoms with Crippen LogP contribution in [0, 0.1) is 0 Å². The summed E-state index contributed by atoms with van der Waals surface area (Å²) in [7, 11) is 3.56. The Balaban J connectivity index is 2.95. The van der Waals surface area contributed by atoms with Crippen molar-refractivity contribution in [2.24, 2.45) is 7.05 Å². The zero-order chi connectivity index (χ0) is 8.43. The molecule has 3 heteroatoms. The average Bonchev–Trinajstić information content (AvgIpc) is 2.31. The molecule has 1 rings (SSSR count). The topological polar surface area (TPSA) is 27.1 Å². The third-order valence-electron chi connectivity index (χ3n) is 1.63. The third kappa shape index (κ3) is 1.53. The van der Waals surface area contributed by atoms with Crippen LogP contribution in [-0.4, -0.2) is 16.7 Å². The summed E-state index contributed by atoms with van der Waals surface area (Å²) in [4.78, 5) is 4.27. The number of ether oxygens (including phenoxy) is 1. The summed E-state index contributed by atoms with van der Waals surface area (Å²) in [6.45, 7) is 4.23. The SMILES string of the molecule is COc1nc(C(C)C)cn1C. The van der Waals surface area contributed by atoms with Crippen molar-refractivity contribution < 1.29 is 4.74 Å². The molecule has 0 saturated carbocycles. The third-order valence-corrected chi connectivity index (χ3v) is 1.63. The molecule has 0 atom stereocenters. The van der Waals surface area contributed by atoms with Crippen molar-refractivity contribution in [2.45, 2.75) is 19.8 Å². The van der Waals surface area contributed by atoms with E-state index in [9.17, 15) is 0 Å². The van der Waals surface area contributed by atoms with Crippen molar-refractivity contribution >= 4 is 0 Å². The summed E-state index contributed by atoms with van der Waals surface area (Å²) >= 11 is 0. The molecule has 0 unspecified atom stereocenters. The summed E-state index contributed by atoms with van der Waals surface area (Å²) in [5.41, 5.74) is 1.07. The molecule has 0 radical (unpaired) electrons. The second-order valence-electron chi connectivity index (χ2n) is 2.92. The fraction of sp³-hybridized carbons (Fsp3) is 0.625. The smallest absolute Gasteiger partial charge is 0.295 e. The summed E-state index contributed by atoms with van der Waals surface area (Å²) in [5, 5.41) is 0. The van der Waals surface area contributed by atoms with E-state index in [1.165, 1.54) is 0 Å². The van der Waals surface area contributed by atoms with Crippen LogP contribution in [-0.2, 0) is 7.05 Å². The lowest BCUT2D eigenvalue weighted by atomic mass is 10.2. The average molecular weight is 154 g/mol. The number of imidazole rings is 1. The number of aromatic nitrogens is 2. The van der Waals surface area contributed by atoms with Gasteiger partial charge < -0.3 is 9.30 Å². The Kier molecular flexibility index (Phi) is 2.17. The fourth-order valence-electron chi connectivity index (χ4n) is 0.940. The van der Waals surface area contributed by atoms with Gasteiger partial charge in [0.1, 0.15) is 0 Å². The number of rotatable bonds is 2. The minimum Gasteiger partial charge on any atom is -0.468 e. The Bertz CT molecular complexity index is 240. The molecule has 1 heterocycles. The van der Waals surface area contributed by atoms with E-state index in [-0.39, 0.29) is 0 Å². The molecule has 11 heavy (non-hydrogen) atoms. The molecule has 0 aliphatic heterocycles. The Hall–Kier alpha value is -0.990. The van der Waals surface area contributed by atoms with E-state index in [0.717, 1.165) is 5.69 Å². The first-order chi connectivity index (χ1) is 5.15. The second kappa shape index (κ2) is 2.95. The highest BCUT2D eigenvalue weighted by atomic mass is 16.5. The lowest BCUT2D eigenvalue weighted by molar-refractivity contribution is 0.365. The van der Waals surface area contributed by atoms with Gasteiger partial charge in [0, 0.05) is 13.2 Å². The normalized spacial score (nSPS) is 10.6. The Labute approximate surface area is 67.0 Å². The van der Waals surface area contributed by atoms with E-state index < -0.39 is 0 Å². The van der Waals surface area contributed by atoms with E-state index in [1.807, 2.05) is 17.8 Å². The van der Waals surface area contributed by atoms with Crippen LogP contribution in [0.15, 0.2) is 6.20 Å². The van der Waals surface area contributed by atoms with Crippen LogP contribution in [0.4, 0.5) is 0 Å². The number of methoxy groups -OCH3 is 1. The largest absolute Gasteiger partial charge is 0.468 e. The molecule has 0 saturated heterocycles. The van der Waals surface area contributed by atoms with Crippen LogP contribution >= 0.6 is 0 Å². The molecule has 3 nitrogen and oxygen atoms in total. The van der Waals surface area contributed by atoms with E-state index in [0.29, 0.717) is 11.9 Å². The molecule has 0 aromatic carbocycles. The maximum Gasteiger partial charge on any atom is 0.295 e. The molecular formula is C8H14N2O. The first kappa shape index (κ1) is 8.11. The maximum atomic E-state index is 5.03. The summed E-state index contributed by atoms with van der Waals surface area (Å²) in [6.07, 6.45) is 1.99. The molecule has 0 N–H and O–H groups in total. The van der Waals surface area contributed by atoms with Gasteiger partial charge in [0.15, 0.2) is 0 Å². The lowest BCUT2D eigenvalue weighted by Crippen LogP contribution is -1.92. The summed E-state index contributed by atoms with van der Waals surface area (Å²) in [5.74, 6) is 0.463. The molecule has 0 aliphatic carbocycles. The van der Waals surface area contributed by atoms with Crippen molar-refractivity contribution in [1.29, 1.82) is 0 Å². The number of hydrogen-bond acceptors (Lipinski definition) is 2. The zero-order valence-corrected chi connectivity index (χ0v) is 7.46. The molecule has 0 spiro atoms. The molecular weight excluding hydrogens is 140 g/mol. The Morgan fingerprint density at radius 1 is 1.55 bits per heavy atom. The molecule has 0 amide bonds. The van der Waals surface area contributed by atoms with E-state index >= 15 is 0 Å². The lowest BCUT2D eigenvalue weighted by Gasteiger charge is -1.95. The van der Waals surface area contributed by atoms with Crippen molar-refractivity contribution in [3.63, 3.8) is 0 Å². The fourth-order valence-corrected chi connectivity index (χ4v) is 0.940. The van der Waals surface area contributed by atoms with Gasteiger partial charge in [-0.05, 0) is 5.92 Å². The van der Waals surface area contributed by atoms with Gasteiger partial charge in [0.25, 0.3) is 6.01 Å².